The van der Waals surface area contributed by atoms with Crippen LogP contribution in [0.1, 0.15) is 26.0 Å². The minimum absolute atomic E-state index is 0.0925. The maximum absolute atomic E-state index is 13.1. The fourth-order valence-corrected chi connectivity index (χ4v) is 4.91. The molecule has 1 saturated heterocycles. The highest BCUT2D eigenvalue weighted by atomic mass is 32.1. The van der Waals surface area contributed by atoms with Crippen molar-refractivity contribution in [1.29, 1.82) is 0 Å². The third-order valence-electron chi connectivity index (χ3n) is 5.33. The molecule has 132 valence electrons. The van der Waals surface area contributed by atoms with E-state index in [0.29, 0.717) is 0 Å². The number of amides is 1. The second kappa shape index (κ2) is 5.48. The Bertz CT molecular complexity index is 981. The summed E-state index contributed by atoms with van der Waals surface area (Å²) in [6, 6.07) is 8.30. The zero-order chi connectivity index (χ0) is 17.9. The van der Waals surface area contributed by atoms with E-state index in [9.17, 15) is 4.79 Å². The lowest BCUT2D eigenvalue weighted by atomic mass is 9.91. The second-order valence-corrected chi connectivity index (χ2v) is 8.39. The Morgan fingerprint density at radius 1 is 1.19 bits per heavy atom. The van der Waals surface area contributed by atoms with Crippen LogP contribution in [0.2, 0.25) is 0 Å². The number of carbonyl (C=O) groups is 1. The van der Waals surface area contributed by atoms with Gasteiger partial charge in [0.1, 0.15) is 0 Å². The third kappa shape index (κ3) is 2.16. The highest BCUT2D eigenvalue weighted by molar-refractivity contribution is 7.22. The minimum Gasteiger partial charge on any atom is -0.346 e. The number of thiazole rings is 1. The van der Waals surface area contributed by atoms with Gasteiger partial charge in [0.25, 0.3) is 0 Å². The third-order valence-corrected chi connectivity index (χ3v) is 6.43. The van der Waals surface area contributed by atoms with Crippen molar-refractivity contribution in [3.63, 3.8) is 0 Å². The molecule has 0 saturated carbocycles. The molecule has 2 aromatic heterocycles. The summed E-state index contributed by atoms with van der Waals surface area (Å²) < 4.78 is 1.19. The molecule has 0 spiro atoms. The Morgan fingerprint density at radius 3 is 2.85 bits per heavy atom. The number of benzene rings is 1. The van der Waals surface area contributed by atoms with Gasteiger partial charge in [-0.05, 0) is 32.4 Å². The number of hydrogen-bond acceptors (Lipinski definition) is 6. The fourth-order valence-electron chi connectivity index (χ4n) is 3.91. The highest BCUT2D eigenvalue weighted by Crippen LogP contribution is 2.41. The van der Waals surface area contributed by atoms with E-state index in [4.69, 9.17) is 4.98 Å². The number of hydrogen-bond donors (Lipinski definition) is 0. The van der Waals surface area contributed by atoms with E-state index >= 15 is 0 Å². The van der Waals surface area contributed by atoms with Gasteiger partial charge in [0.2, 0.25) is 5.91 Å². The first-order valence-corrected chi connectivity index (χ1v) is 9.63. The molecular weight excluding hydrogens is 346 g/mol. The molecule has 4 heterocycles. The maximum atomic E-state index is 13.1. The summed E-state index contributed by atoms with van der Waals surface area (Å²) in [7, 11) is 0. The van der Waals surface area contributed by atoms with Gasteiger partial charge in [-0.3, -0.25) is 14.7 Å². The molecule has 26 heavy (non-hydrogen) atoms. The van der Waals surface area contributed by atoms with Crippen LogP contribution in [0.5, 0.6) is 0 Å². The van der Waals surface area contributed by atoms with E-state index in [2.05, 4.69) is 20.9 Å². The lowest BCUT2D eigenvalue weighted by Crippen LogP contribution is -2.44. The summed E-state index contributed by atoms with van der Waals surface area (Å²) in [6.45, 7) is 5.54. The molecule has 1 amide bonds. The van der Waals surface area contributed by atoms with Crippen molar-refractivity contribution < 1.29 is 4.79 Å². The average molecular weight is 365 g/mol. The number of aromatic nitrogens is 3. The van der Waals surface area contributed by atoms with Crippen molar-refractivity contribution in [3.05, 3.63) is 42.4 Å². The number of nitrogens with zero attached hydrogens (tertiary/aromatic N) is 5. The van der Waals surface area contributed by atoms with E-state index in [-0.39, 0.29) is 11.9 Å². The molecule has 0 aliphatic carbocycles. The van der Waals surface area contributed by atoms with Gasteiger partial charge in [0.15, 0.2) is 10.9 Å². The van der Waals surface area contributed by atoms with Crippen LogP contribution < -0.4 is 9.80 Å². The Kier molecular flexibility index (Phi) is 3.31. The van der Waals surface area contributed by atoms with Crippen molar-refractivity contribution >= 4 is 38.4 Å². The quantitative estimate of drug-likeness (QED) is 0.699. The van der Waals surface area contributed by atoms with Crippen LogP contribution >= 0.6 is 11.3 Å². The van der Waals surface area contributed by atoms with Crippen LogP contribution in [-0.2, 0) is 10.2 Å². The molecule has 1 aromatic carbocycles. The molecular formula is C19H19N5OS. The average Bonchev–Trinajstić information content (AvgIpc) is 3.32. The van der Waals surface area contributed by atoms with E-state index < -0.39 is 5.41 Å². The van der Waals surface area contributed by atoms with E-state index in [1.54, 1.807) is 23.7 Å². The van der Waals surface area contributed by atoms with Crippen molar-refractivity contribution in [2.45, 2.75) is 31.7 Å². The summed E-state index contributed by atoms with van der Waals surface area (Å²) in [5, 5.41) is 1.03. The van der Waals surface area contributed by atoms with Gasteiger partial charge >= 0.3 is 0 Å². The molecule has 1 atom stereocenters. The number of para-hydroxylation sites is 1. The monoisotopic (exact) mass is 365 g/mol. The predicted octanol–water partition coefficient (Wildman–Crippen LogP) is 2.99. The summed E-state index contributed by atoms with van der Waals surface area (Å²) in [6.07, 6.45) is 4.24. The predicted molar refractivity (Wildman–Crippen MR) is 103 cm³/mol. The summed E-state index contributed by atoms with van der Waals surface area (Å²) >= 11 is 1.71. The molecule has 0 bridgehead atoms. The Hall–Kier alpha value is -2.54. The van der Waals surface area contributed by atoms with Crippen molar-refractivity contribution in [2.75, 3.05) is 22.9 Å². The largest absolute Gasteiger partial charge is 0.346 e. The molecule has 2 aliphatic rings. The van der Waals surface area contributed by atoms with Gasteiger partial charge in [-0.15, -0.1) is 0 Å². The fraction of sp³-hybridized carbons (Fsp3) is 0.368. The standard InChI is InChI=1S/C19H19N5OS/c1-19(2)15-16(21-9-8-20-15)24(17(19)25)12-7-10-23(11-12)18-22-13-5-3-4-6-14(13)26-18/h3-6,8-9,12H,7,10-11H2,1-2H3/t12-/m1/s1. The first-order chi connectivity index (χ1) is 12.6. The molecule has 7 heteroatoms. The maximum Gasteiger partial charge on any atom is 0.240 e. The SMILES string of the molecule is CC1(C)C(=O)N([C@@H]2CCN(c3nc4ccccc4s3)C2)c2nccnc21. The van der Waals surface area contributed by atoms with Gasteiger partial charge in [0, 0.05) is 25.5 Å². The molecule has 0 N–H and O–H groups in total. The number of rotatable bonds is 2. The Labute approximate surface area is 155 Å². The second-order valence-electron chi connectivity index (χ2n) is 7.38. The normalized spacial score (nSPS) is 21.6. The molecule has 3 aromatic rings. The minimum atomic E-state index is -0.618. The number of anilines is 2. The first kappa shape index (κ1) is 15.7. The van der Waals surface area contributed by atoms with E-state index in [1.165, 1.54) is 4.70 Å². The van der Waals surface area contributed by atoms with Crippen molar-refractivity contribution in [1.82, 2.24) is 15.0 Å². The molecule has 2 aliphatic heterocycles. The molecule has 1 fully saturated rings. The number of fused-ring (bicyclic) bond motifs is 2. The van der Waals surface area contributed by atoms with Crippen molar-refractivity contribution in [2.24, 2.45) is 0 Å². The van der Waals surface area contributed by atoms with Crippen LogP contribution in [0, 0.1) is 0 Å². The summed E-state index contributed by atoms with van der Waals surface area (Å²) in [4.78, 5) is 30.9. The zero-order valence-electron chi connectivity index (χ0n) is 14.7. The molecule has 5 rings (SSSR count). The molecule has 0 unspecified atom stereocenters. The molecule has 6 nitrogen and oxygen atoms in total. The highest BCUT2D eigenvalue weighted by Gasteiger charge is 2.49. The van der Waals surface area contributed by atoms with Crippen LogP contribution in [0.3, 0.4) is 0 Å². The first-order valence-electron chi connectivity index (χ1n) is 8.81. The van der Waals surface area contributed by atoms with Gasteiger partial charge in [-0.25, -0.2) is 9.97 Å². The van der Waals surface area contributed by atoms with Gasteiger partial charge in [-0.2, -0.15) is 0 Å². The topological polar surface area (TPSA) is 62.2 Å². The lowest BCUT2D eigenvalue weighted by Gasteiger charge is -2.25. The van der Waals surface area contributed by atoms with Crippen LogP contribution in [0.15, 0.2) is 36.7 Å². The smallest absolute Gasteiger partial charge is 0.240 e. The summed E-state index contributed by atoms with van der Waals surface area (Å²) in [5.74, 6) is 0.813. The zero-order valence-corrected chi connectivity index (χ0v) is 15.5. The van der Waals surface area contributed by atoms with Crippen LogP contribution in [0.4, 0.5) is 10.9 Å². The van der Waals surface area contributed by atoms with Gasteiger partial charge in [-0.1, -0.05) is 23.5 Å². The number of carbonyl (C=O) groups excluding carboxylic acids is 1. The van der Waals surface area contributed by atoms with Gasteiger partial charge < -0.3 is 4.90 Å². The lowest BCUT2D eigenvalue weighted by molar-refractivity contribution is -0.122. The van der Waals surface area contributed by atoms with Crippen molar-refractivity contribution in [3.8, 4) is 0 Å². The van der Waals surface area contributed by atoms with E-state index in [0.717, 1.165) is 41.7 Å². The van der Waals surface area contributed by atoms with Gasteiger partial charge in [0.05, 0.1) is 27.4 Å². The van der Waals surface area contributed by atoms with E-state index in [1.807, 2.05) is 36.9 Å². The Morgan fingerprint density at radius 2 is 2.00 bits per heavy atom. The Balaban J connectivity index is 1.45. The summed E-state index contributed by atoms with van der Waals surface area (Å²) in [5.41, 5.74) is 1.20. The van der Waals surface area contributed by atoms with Crippen LogP contribution in [0.25, 0.3) is 10.2 Å². The molecule has 0 radical (unpaired) electrons. The van der Waals surface area contributed by atoms with Crippen LogP contribution in [-0.4, -0.2) is 40.0 Å².